The number of benzene rings is 1. The van der Waals surface area contributed by atoms with Crippen molar-refractivity contribution in [2.24, 2.45) is 0 Å². The Morgan fingerprint density at radius 2 is 1.95 bits per heavy atom. The van der Waals surface area contributed by atoms with Crippen molar-refractivity contribution in [3.8, 4) is 0 Å². The number of aromatic nitrogens is 2. The molecular formula is C14H16BrN3S. The summed E-state index contributed by atoms with van der Waals surface area (Å²) in [7, 11) is 1.87. The van der Waals surface area contributed by atoms with Gasteiger partial charge in [0.25, 0.3) is 0 Å². The maximum atomic E-state index is 4.61. The fourth-order valence-corrected chi connectivity index (χ4v) is 2.90. The van der Waals surface area contributed by atoms with E-state index in [1.54, 1.807) is 11.8 Å². The highest BCUT2D eigenvalue weighted by atomic mass is 79.9. The van der Waals surface area contributed by atoms with Gasteiger partial charge in [0.05, 0.1) is 0 Å². The third kappa shape index (κ3) is 3.70. The lowest BCUT2D eigenvalue weighted by atomic mass is 10.2. The third-order valence-corrected chi connectivity index (χ3v) is 4.49. The van der Waals surface area contributed by atoms with E-state index in [0.717, 1.165) is 26.0 Å². The molecule has 19 heavy (non-hydrogen) atoms. The Morgan fingerprint density at radius 3 is 2.58 bits per heavy atom. The van der Waals surface area contributed by atoms with Crippen LogP contribution in [0.25, 0.3) is 0 Å². The number of rotatable bonds is 4. The van der Waals surface area contributed by atoms with E-state index >= 15 is 0 Å². The molecule has 2 aromatic rings. The molecular weight excluding hydrogens is 322 g/mol. The first kappa shape index (κ1) is 14.3. The lowest BCUT2D eigenvalue weighted by molar-refractivity contribution is 0.755. The van der Waals surface area contributed by atoms with Crippen LogP contribution in [0, 0.1) is 0 Å². The molecule has 2 rings (SSSR count). The molecule has 0 amide bonds. The monoisotopic (exact) mass is 337 g/mol. The Hall–Kier alpha value is -1.07. The minimum absolute atomic E-state index is 0.312. The molecule has 0 radical (unpaired) electrons. The van der Waals surface area contributed by atoms with Crippen molar-refractivity contribution in [2.75, 3.05) is 12.4 Å². The van der Waals surface area contributed by atoms with Crippen LogP contribution in [0.3, 0.4) is 0 Å². The largest absolute Gasteiger partial charge is 0.373 e. The van der Waals surface area contributed by atoms with Gasteiger partial charge < -0.3 is 5.32 Å². The molecule has 0 fully saturated rings. The van der Waals surface area contributed by atoms with E-state index in [-0.39, 0.29) is 0 Å². The smallest absolute Gasteiger partial charge is 0.134 e. The van der Waals surface area contributed by atoms with Crippen molar-refractivity contribution in [3.05, 3.63) is 40.6 Å². The summed E-state index contributed by atoms with van der Waals surface area (Å²) in [5.41, 5.74) is 0. The quantitative estimate of drug-likeness (QED) is 0.830. The first-order valence-electron chi connectivity index (χ1n) is 6.09. The van der Waals surface area contributed by atoms with Gasteiger partial charge in [-0.3, -0.25) is 0 Å². The minimum Gasteiger partial charge on any atom is -0.373 e. The first-order valence-corrected chi connectivity index (χ1v) is 7.70. The average molecular weight is 338 g/mol. The van der Waals surface area contributed by atoms with Crippen molar-refractivity contribution in [2.45, 2.75) is 29.7 Å². The Kier molecular flexibility index (Phi) is 4.82. The maximum Gasteiger partial charge on any atom is 0.134 e. The third-order valence-electron chi connectivity index (χ3n) is 2.54. The van der Waals surface area contributed by atoms with Gasteiger partial charge in [-0.05, 0) is 28.1 Å². The van der Waals surface area contributed by atoms with Gasteiger partial charge in [0.1, 0.15) is 16.7 Å². The fourth-order valence-electron chi connectivity index (χ4n) is 1.52. The van der Waals surface area contributed by atoms with Gasteiger partial charge in [-0.2, -0.15) is 0 Å². The van der Waals surface area contributed by atoms with E-state index in [0.29, 0.717) is 5.92 Å². The summed E-state index contributed by atoms with van der Waals surface area (Å²) in [6, 6.07) is 10.1. The minimum atomic E-state index is 0.312. The molecule has 100 valence electrons. The topological polar surface area (TPSA) is 37.8 Å². The van der Waals surface area contributed by atoms with Gasteiger partial charge in [-0.15, -0.1) is 0 Å². The van der Waals surface area contributed by atoms with E-state index in [4.69, 9.17) is 0 Å². The van der Waals surface area contributed by atoms with Crippen LogP contribution in [0.1, 0.15) is 25.6 Å². The summed E-state index contributed by atoms with van der Waals surface area (Å²) >= 11 is 5.19. The molecule has 1 aromatic carbocycles. The molecule has 1 aromatic heterocycles. The molecule has 0 atom stereocenters. The van der Waals surface area contributed by atoms with Crippen molar-refractivity contribution >= 4 is 33.5 Å². The molecule has 0 aliphatic carbocycles. The Balaban J connectivity index is 2.34. The van der Waals surface area contributed by atoms with Gasteiger partial charge >= 0.3 is 0 Å². The van der Waals surface area contributed by atoms with E-state index < -0.39 is 0 Å². The van der Waals surface area contributed by atoms with E-state index in [9.17, 15) is 0 Å². The normalized spacial score (nSPS) is 10.8. The van der Waals surface area contributed by atoms with Crippen molar-refractivity contribution < 1.29 is 0 Å². The molecule has 0 bridgehead atoms. The Bertz CT molecular complexity index is 572. The summed E-state index contributed by atoms with van der Waals surface area (Å²) in [4.78, 5) is 10.2. The van der Waals surface area contributed by atoms with Crippen LogP contribution in [0.4, 0.5) is 5.82 Å². The summed E-state index contributed by atoms with van der Waals surface area (Å²) in [6.07, 6.45) is 0. The second-order valence-corrected chi connectivity index (χ2v) is 6.30. The molecule has 0 saturated carbocycles. The summed E-state index contributed by atoms with van der Waals surface area (Å²) < 4.78 is 1.08. The molecule has 3 nitrogen and oxygen atoms in total. The second-order valence-electron chi connectivity index (χ2n) is 4.39. The van der Waals surface area contributed by atoms with Gasteiger partial charge in [0.15, 0.2) is 0 Å². The molecule has 0 spiro atoms. The van der Waals surface area contributed by atoms with Gasteiger partial charge in [-0.1, -0.05) is 37.7 Å². The van der Waals surface area contributed by atoms with E-state index in [2.05, 4.69) is 51.1 Å². The van der Waals surface area contributed by atoms with Gasteiger partial charge in [0, 0.05) is 28.4 Å². The molecule has 0 aliphatic heterocycles. The highest BCUT2D eigenvalue weighted by Crippen LogP contribution is 2.33. The van der Waals surface area contributed by atoms with Crippen LogP contribution in [-0.4, -0.2) is 17.0 Å². The zero-order valence-corrected chi connectivity index (χ0v) is 13.5. The second kappa shape index (κ2) is 6.39. The predicted molar refractivity (Wildman–Crippen MR) is 83.9 cm³/mol. The number of nitrogens with one attached hydrogen (secondary N) is 1. The van der Waals surface area contributed by atoms with Gasteiger partial charge in [-0.25, -0.2) is 9.97 Å². The zero-order valence-electron chi connectivity index (χ0n) is 11.1. The van der Waals surface area contributed by atoms with Gasteiger partial charge in [0.2, 0.25) is 0 Å². The summed E-state index contributed by atoms with van der Waals surface area (Å²) in [5.74, 6) is 2.03. The molecule has 5 heteroatoms. The van der Waals surface area contributed by atoms with Crippen molar-refractivity contribution in [1.29, 1.82) is 0 Å². The molecule has 0 unspecified atom stereocenters. The lowest BCUT2D eigenvalue weighted by Gasteiger charge is -2.10. The highest BCUT2D eigenvalue weighted by Gasteiger charge is 2.09. The van der Waals surface area contributed by atoms with Crippen molar-refractivity contribution in [1.82, 2.24) is 9.97 Å². The van der Waals surface area contributed by atoms with Crippen LogP contribution < -0.4 is 5.32 Å². The molecule has 1 heterocycles. The molecule has 0 saturated heterocycles. The summed E-state index contributed by atoms with van der Waals surface area (Å²) in [6.45, 7) is 4.20. The lowest BCUT2D eigenvalue weighted by Crippen LogP contribution is -2.02. The maximum absolute atomic E-state index is 4.61. The number of anilines is 1. The zero-order chi connectivity index (χ0) is 13.8. The predicted octanol–water partition coefficient (Wildman–Crippen LogP) is 4.56. The van der Waals surface area contributed by atoms with Crippen LogP contribution in [-0.2, 0) is 0 Å². The Labute approximate surface area is 126 Å². The van der Waals surface area contributed by atoms with E-state index in [1.165, 1.54) is 0 Å². The average Bonchev–Trinajstić information content (AvgIpc) is 2.41. The van der Waals surface area contributed by atoms with Crippen LogP contribution >= 0.6 is 27.7 Å². The van der Waals surface area contributed by atoms with E-state index in [1.807, 2.05) is 31.3 Å². The number of halogens is 1. The van der Waals surface area contributed by atoms with Crippen LogP contribution in [0.5, 0.6) is 0 Å². The summed E-state index contributed by atoms with van der Waals surface area (Å²) in [5, 5.41) is 4.04. The number of nitrogens with zero attached hydrogens (tertiary/aromatic N) is 2. The van der Waals surface area contributed by atoms with Crippen LogP contribution in [0.15, 0.2) is 44.7 Å². The fraction of sp³-hybridized carbons (Fsp3) is 0.286. The molecule has 0 aliphatic rings. The first-order chi connectivity index (χ1) is 9.10. The van der Waals surface area contributed by atoms with Crippen molar-refractivity contribution in [3.63, 3.8) is 0 Å². The number of hydrogen-bond acceptors (Lipinski definition) is 4. The Morgan fingerprint density at radius 1 is 1.21 bits per heavy atom. The highest BCUT2D eigenvalue weighted by molar-refractivity contribution is 9.10. The molecule has 1 N–H and O–H groups in total. The standard InChI is InChI=1S/C14H16BrN3S/c1-9(2)14-17-12(16-3)8-13(18-14)19-11-7-5-4-6-10(11)15/h4-9H,1-3H3,(H,16,17,18). The SMILES string of the molecule is CNc1cc(Sc2ccccc2Br)nc(C(C)C)n1. The van der Waals surface area contributed by atoms with Crippen LogP contribution in [0.2, 0.25) is 0 Å². The number of hydrogen-bond donors (Lipinski definition) is 1.